The van der Waals surface area contributed by atoms with E-state index >= 15 is 0 Å². The van der Waals surface area contributed by atoms with Crippen molar-refractivity contribution in [3.8, 4) is 0 Å². The molecule has 8 heteroatoms. The lowest BCUT2D eigenvalue weighted by molar-refractivity contribution is -0.0680. The van der Waals surface area contributed by atoms with Crippen LogP contribution in [0.3, 0.4) is 0 Å². The van der Waals surface area contributed by atoms with Crippen LogP contribution < -0.4 is 17.0 Å². The van der Waals surface area contributed by atoms with Crippen molar-refractivity contribution >= 4 is 5.97 Å². The van der Waals surface area contributed by atoms with Crippen LogP contribution in [0.5, 0.6) is 0 Å². The Morgan fingerprint density at radius 2 is 2.00 bits per heavy atom. The van der Waals surface area contributed by atoms with Crippen LogP contribution in [-0.2, 0) is 9.47 Å². The van der Waals surface area contributed by atoms with Gasteiger partial charge in [0.15, 0.2) is 6.23 Å². The van der Waals surface area contributed by atoms with E-state index in [1.165, 1.54) is 16.8 Å². The first-order chi connectivity index (χ1) is 11.5. The van der Waals surface area contributed by atoms with Gasteiger partial charge in [0.05, 0.1) is 5.56 Å². The van der Waals surface area contributed by atoms with Gasteiger partial charge in [-0.05, 0) is 25.0 Å². The molecule has 0 spiro atoms. The molecule has 2 heterocycles. The molecule has 2 aromatic rings. The Balaban J connectivity index is 1.64. The summed E-state index contributed by atoms with van der Waals surface area (Å²) >= 11 is 0. The Morgan fingerprint density at radius 1 is 1.25 bits per heavy atom. The van der Waals surface area contributed by atoms with Crippen LogP contribution in [-0.4, -0.2) is 27.9 Å². The SMILES string of the molecule is NC(OC(=O)c1ccccc1)[C@@H]1CC[C@H](n2ccc(=O)[nH]c2=O)O1. The molecule has 1 fully saturated rings. The van der Waals surface area contributed by atoms with Crippen molar-refractivity contribution in [1.29, 1.82) is 0 Å². The van der Waals surface area contributed by atoms with E-state index in [2.05, 4.69) is 4.98 Å². The minimum Gasteiger partial charge on any atom is -0.440 e. The second kappa shape index (κ2) is 6.81. The molecule has 1 aromatic heterocycles. The lowest BCUT2D eigenvalue weighted by atomic mass is 10.2. The highest BCUT2D eigenvalue weighted by atomic mass is 16.6. The highest BCUT2D eigenvalue weighted by Gasteiger charge is 2.33. The van der Waals surface area contributed by atoms with Gasteiger partial charge >= 0.3 is 11.7 Å². The summed E-state index contributed by atoms with van der Waals surface area (Å²) in [6, 6.07) is 9.76. The van der Waals surface area contributed by atoms with Crippen molar-refractivity contribution in [3.05, 3.63) is 69.0 Å². The number of carbonyl (C=O) groups excluding carboxylic acids is 1. The van der Waals surface area contributed by atoms with E-state index in [1.807, 2.05) is 0 Å². The molecule has 1 aliphatic heterocycles. The molecule has 1 aromatic carbocycles. The lowest BCUT2D eigenvalue weighted by Gasteiger charge is -2.21. The molecule has 0 radical (unpaired) electrons. The monoisotopic (exact) mass is 331 g/mol. The number of benzene rings is 1. The molecular weight excluding hydrogens is 314 g/mol. The number of aromatic nitrogens is 2. The summed E-state index contributed by atoms with van der Waals surface area (Å²) in [5.41, 5.74) is 5.28. The molecule has 24 heavy (non-hydrogen) atoms. The van der Waals surface area contributed by atoms with Crippen LogP contribution in [0.2, 0.25) is 0 Å². The van der Waals surface area contributed by atoms with Gasteiger partial charge in [-0.2, -0.15) is 0 Å². The lowest BCUT2D eigenvalue weighted by Crippen LogP contribution is -2.39. The number of hydrogen-bond donors (Lipinski definition) is 2. The zero-order valence-corrected chi connectivity index (χ0v) is 12.8. The Bertz CT molecular complexity index is 829. The minimum atomic E-state index is -0.943. The summed E-state index contributed by atoms with van der Waals surface area (Å²) in [5, 5.41) is 0. The highest BCUT2D eigenvalue weighted by molar-refractivity contribution is 5.89. The second-order valence-electron chi connectivity index (χ2n) is 5.46. The van der Waals surface area contributed by atoms with Crippen LogP contribution >= 0.6 is 0 Å². The number of esters is 1. The molecule has 0 aliphatic carbocycles. The standard InChI is InChI=1S/C16H17N3O5/c17-14(24-15(21)10-4-2-1-3-5-10)11-6-7-13(23-11)19-9-8-12(20)18-16(19)22/h1-5,8-9,11,13-14H,6-7,17H2,(H,18,20,22)/t11-,13+,14?/m0/s1. The zero-order valence-electron chi connectivity index (χ0n) is 12.8. The van der Waals surface area contributed by atoms with Gasteiger partial charge in [0.25, 0.3) is 5.56 Å². The first-order valence-electron chi connectivity index (χ1n) is 7.53. The number of nitrogens with zero attached hydrogens (tertiary/aromatic N) is 1. The maximum atomic E-state index is 12.0. The van der Waals surface area contributed by atoms with E-state index in [9.17, 15) is 14.4 Å². The molecule has 1 unspecified atom stereocenters. The van der Waals surface area contributed by atoms with Gasteiger partial charge in [-0.1, -0.05) is 18.2 Å². The molecule has 0 amide bonds. The predicted molar refractivity (Wildman–Crippen MR) is 84.3 cm³/mol. The number of nitrogens with one attached hydrogen (secondary N) is 1. The fourth-order valence-electron chi connectivity index (χ4n) is 2.59. The van der Waals surface area contributed by atoms with Gasteiger partial charge in [0, 0.05) is 12.3 Å². The minimum absolute atomic E-state index is 0.402. The third kappa shape index (κ3) is 3.44. The molecule has 0 bridgehead atoms. The van der Waals surface area contributed by atoms with E-state index in [1.54, 1.807) is 30.3 Å². The number of carbonyl (C=O) groups is 1. The van der Waals surface area contributed by atoms with Crippen LogP contribution in [0.15, 0.2) is 52.2 Å². The number of rotatable bonds is 4. The average molecular weight is 331 g/mol. The van der Waals surface area contributed by atoms with E-state index in [4.69, 9.17) is 15.2 Å². The van der Waals surface area contributed by atoms with E-state index < -0.39 is 35.8 Å². The fourth-order valence-corrected chi connectivity index (χ4v) is 2.59. The largest absolute Gasteiger partial charge is 0.440 e. The second-order valence-corrected chi connectivity index (χ2v) is 5.46. The van der Waals surface area contributed by atoms with E-state index in [0.717, 1.165) is 0 Å². The number of hydrogen-bond acceptors (Lipinski definition) is 6. The first kappa shape index (κ1) is 16.2. The molecular formula is C16H17N3O5. The Hall–Kier alpha value is -2.71. The quantitative estimate of drug-likeness (QED) is 0.617. The fraction of sp³-hybridized carbons (Fsp3) is 0.312. The number of aromatic amines is 1. The average Bonchev–Trinajstić information content (AvgIpc) is 3.05. The van der Waals surface area contributed by atoms with Crippen molar-refractivity contribution < 1.29 is 14.3 Å². The normalized spacial score (nSPS) is 21.4. The molecule has 1 saturated heterocycles. The van der Waals surface area contributed by atoms with Gasteiger partial charge < -0.3 is 9.47 Å². The van der Waals surface area contributed by atoms with Crippen molar-refractivity contribution in [3.63, 3.8) is 0 Å². The van der Waals surface area contributed by atoms with Crippen LogP contribution in [0.25, 0.3) is 0 Å². The summed E-state index contributed by atoms with van der Waals surface area (Å²) in [4.78, 5) is 37.0. The third-order valence-electron chi connectivity index (χ3n) is 3.81. The zero-order chi connectivity index (χ0) is 17.1. The van der Waals surface area contributed by atoms with Crippen molar-refractivity contribution in [2.45, 2.75) is 31.4 Å². The van der Waals surface area contributed by atoms with Crippen molar-refractivity contribution in [1.82, 2.24) is 9.55 Å². The first-order valence-corrected chi connectivity index (χ1v) is 7.53. The van der Waals surface area contributed by atoms with E-state index in [-0.39, 0.29) is 0 Å². The Labute approximate surface area is 136 Å². The van der Waals surface area contributed by atoms with Gasteiger partial charge in [-0.25, -0.2) is 9.59 Å². The Morgan fingerprint density at radius 3 is 2.71 bits per heavy atom. The summed E-state index contributed by atoms with van der Waals surface area (Å²) in [5.74, 6) is -0.531. The number of nitrogens with two attached hydrogens (primary N) is 1. The third-order valence-corrected chi connectivity index (χ3v) is 3.81. The molecule has 0 saturated carbocycles. The molecule has 126 valence electrons. The van der Waals surface area contributed by atoms with Gasteiger partial charge in [-0.3, -0.25) is 20.1 Å². The summed E-state index contributed by atoms with van der Waals surface area (Å²) in [6.07, 6.45) is 0.394. The maximum Gasteiger partial charge on any atom is 0.339 e. The van der Waals surface area contributed by atoms with Crippen molar-refractivity contribution in [2.24, 2.45) is 5.73 Å². The molecule has 8 nitrogen and oxygen atoms in total. The number of ether oxygens (including phenoxy) is 2. The van der Waals surface area contributed by atoms with Crippen LogP contribution in [0, 0.1) is 0 Å². The number of H-pyrrole nitrogens is 1. The van der Waals surface area contributed by atoms with Crippen LogP contribution in [0.4, 0.5) is 0 Å². The molecule has 3 atom stereocenters. The summed E-state index contributed by atoms with van der Waals surface area (Å²) in [7, 11) is 0. The summed E-state index contributed by atoms with van der Waals surface area (Å²) < 4.78 is 12.2. The molecule has 3 N–H and O–H groups in total. The van der Waals surface area contributed by atoms with Gasteiger partial charge in [0.2, 0.25) is 0 Å². The maximum absolute atomic E-state index is 12.0. The van der Waals surface area contributed by atoms with Crippen LogP contribution in [0.1, 0.15) is 29.4 Å². The molecule has 1 aliphatic rings. The van der Waals surface area contributed by atoms with E-state index in [0.29, 0.717) is 18.4 Å². The molecule has 3 rings (SSSR count). The van der Waals surface area contributed by atoms with Gasteiger partial charge in [0.1, 0.15) is 12.3 Å². The highest BCUT2D eigenvalue weighted by Crippen LogP contribution is 2.28. The van der Waals surface area contributed by atoms with Gasteiger partial charge in [-0.15, -0.1) is 0 Å². The summed E-state index contributed by atoms with van der Waals surface area (Å²) in [6.45, 7) is 0. The topological polar surface area (TPSA) is 116 Å². The smallest absolute Gasteiger partial charge is 0.339 e. The Kier molecular flexibility index (Phi) is 4.59. The predicted octanol–water partition coefficient (Wildman–Crippen LogP) is 0.356. The van der Waals surface area contributed by atoms with Crippen molar-refractivity contribution in [2.75, 3.05) is 0 Å².